The van der Waals surface area contributed by atoms with E-state index in [0.717, 1.165) is 0 Å². The lowest BCUT2D eigenvalue weighted by molar-refractivity contribution is -0.142. The molecule has 0 aliphatic carbocycles. The smallest absolute Gasteiger partial charge is 0.311 e. The molecule has 1 aromatic rings. The minimum atomic E-state index is -2.64. The predicted octanol–water partition coefficient (Wildman–Crippen LogP) is 2.19. The largest absolute Gasteiger partial charge is 0.466 e. The number of pyridine rings is 1. The van der Waals surface area contributed by atoms with Crippen LogP contribution in [0.5, 0.6) is 0 Å². The Labute approximate surface area is 117 Å². The van der Waals surface area contributed by atoms with Crippen LogP contribution in [-0.2, 0) is 22.5 Å². The summed E-state index contributed by atoms with van der Waals surface area (Å²) < 4.78 is 30.9. The van der Waals surface area contributed by atoms with Gasteiger partial charge in [0.2, 0.25) is 0 Å². The summed E-state index contributed by atoms with van der Waals surface area (Å²) in [4.78, 5) is 15.3. The third kappa shape index (κ3) is 3.58. The second kappa shape index (κ2) is 6.93. The van der Waals surface area contributed by atoms with Crippen molar-refractivity contribution in [2.75, 3.05) is 6.61 Å². The Morgan fingerprint density at radius 3 is 2.78 bits per heavy atom. The molecule has 0 unspecified atom stereocenters. The van der Waals surface area contributed by atoms with E-state index in [0.29, 0.717) is 11.3 Å². The summed E-state index contributed by atoms with van der Waals surface area (Å²) >= 11 is 1.76. The van der Waals surface area contributed by atoms with Gasteiger partial charge in [-0.3, -0.25) is 9.78 Å². The van der Waals surface area contributed by atoms with Crippen LogP contribution in [0.3, 0.4) is 0 Å². The number of nitrogens with two attached hydrogens (primary N) is 1. The number of halogens is 3. The molecular weight excluding hydrogens is 357 g/mol. The molecule has 0 saturated heterocycles. The Morgan fingerprint density at radius 2 is 2.28 bits per heavy atom. The van der Waals surface area contributed by atoms with E-state index in [9.17, 15) is 13.6 Å². The van der Waals surface area contributed by atoms with Gasteiger partial charge in [0.15, 0.2) is 0 Å². The average molecular weight is 370 g/mol. The van der Waals surface area contributed by atoms with E-state index in [-0.39, 0.29) is 28.7 Å². The molecule has 18 heavy (non-hydrogen) atoms. The zero-order valence-electron chi connectivity index (χ0n) is 9.75. The van der Waals surface area contributed by atoms with Gasteiger partial charge in [0.05, 0.1) is 18.7 Å². The van der Waals surface area contributed by atoms with Crippen LogP contribution in [0.2, 0.25) is 0 Å². The van der Waals surface area contributed by atoms with E-state index < -0.39 is 12.4 Å². The molecule has 0 aromatic carbocycles. The quantitative estimate of drug-likeness (QED) is 0.638. The minimum Gasteiger partial charge on any atom is -0.466 e. The Hall–Kier alpha value is -0.830. The van der Waals surface area contributed by atoms with Gasteiger partial charge in [0.25, 0.3) is 6.43 Å². The highest BCUT2D eigenvalue weighted by Gasteiger charge is 2.21. The predicted molar refractivity (Wildman–Crippen MR) is 70.1 cm³/mol. The van der Waals surface area contributed by atoms with Crippen molar-refractivity contribution < 1.29 is 18.3 Å². The summed E-state index contributed by atoms with van der Waals surface area (Å²) in [5, 5.41) is 0. The van der Waals surface area contributed by atoms with Crippen LogP contribution in [0.15, 0.2) is 6.20 Å². The Morgan fingerprint density at radius 1 is 1.61 bits per heavy atom. The maximum absolute atomic E-state index is 12.9. The normalized spacial score (nSPS) is 10.8. The van der Waals surface area contributed by atoms with E-state index in [1.54, 1.807) is 29.5 Å². The number of hydrogen-bond acceptors (Lipinski definition) is 4. The van der Waals surface area contributed by atoms with Crippen LogP contribution in [-0.4, -0.2) is 17.6 Å². The molecule has 0 amide bonds. The van der Waals surface area contributed by atoms with Crippen LogP contribution in [0.1, 0.15) is 30.2 Å². The molecule has 0 atom stereocenters. The number of nitrogens with zero attached hydrogens (tertiary/aromatic N) is 1. The number of alkyl halides is 2. The molecule has 0 spiro atoms. The monoisotopic (exact) mass is 370 g/mol. The molecule has 4 nitrogen and oxygen atoms in total. The van der Waals surface area contributed by atoms with Crippen LogP contribution in [0.4, 0.5) is 8.78 Å². The highest BCUT2D eigenvalue weighted by Crippen LogP contribution is 2.29. The molecule has 100 valence electrons. The summed E-state index contributed by atoms with van der Waals surface area (Å²) in [7, 11) is 0. The molecule has 2 N–H and O–H groups in total. The van der Waals surface area contributed by atoms with Gasteiger partial charge < -0.3 is 10.5 Å². The van der Waals surface area contributed by atoms with Gasteiger partial charge in [-0.05, 0) is 35.1 Å². The van der Waals surface area contributed by atoms with E-state index in [4.69, 9.17) is 10.5 Å². The lowest BCUT2D eigenvalue weighted by Gasteiger charge is -2.12. The molecule has 0 saturated carbocycles. The maximum atomic E-state index is 12.9. The number of ether oxygens (including phenoxy) is 1. The van der Waals surface area contributed by atoms with Crippen molar-refractivity contribution in [1.29, 1.82) is 0 Å². The van der Waals surface area contributed by atoms with Crippen molar-refractivity contribution in [3.8, 4) is 0 Å². The molecule has 1 rings (SSSR count). The van der Waals surface area contributed by atoms with Crippen molar-refractivity contribution in [1.82, 2.24) is 4.98 Å². The minimum absolute atomic E-state index is 0.0115. The van der Waals surface area contributed by atoms with Crippen LogP contribution < -0.4 is 5.73 Å². The van der Waals surface area contributed by atoms with Gasteiger partial charge in [-0.2, -0.15) is 0 Å². The Kier molecular flexibility index (Phi) is 5.86. The standard InChI is InChI=1S/C11H13F2IN2O2/c1-2-18-8(17)3-7-10(14)9(11(12)13)6(4-15)5-16-7/h5,11H,2-4,15H2,1H3. The zero-order valence-corrected chi connectivity index (χ0v) is 11.9. The van der Waals surface area contributed by atoms with Crippen LogP contribution in [0.25, 0.3) is 0 Å². The first kappa shape index (κ1) is 15.2. The third-order valence-corrected chi connectivity index (χ3v) is 3.47. The van der Waals surface area contributed by atoms with Gasteiger partial charge in [-0.15, -0.1) is 0 Å². The summed E-state index contributed by atoms with van der Waals surface area (Å²) in [5.41, 5.74) is 5.83. The molecule has 0 radical (unpaired) electrons. The highest BCUT2D eigenvalue weighted by atomic mass is 127. The fourth-order valence-corrected chi connectivity index (χ4v) is 2.36. The molecule has 0 fully saturated rings. The molecule has 0 bridgehead atoms. The van der Waals surface area contributed by atoms with Gasteiger partial charge in [-0.25, -0.2) is 8.78 Å². The Balaban J connectivity index is 3.08. The molecule has 7 heteroatoms. The average Bonchev–Trinajstić information content (AvgIpc) is 2.31. The first-order chi connectivity index (χ1) is 8.51. The van der Waals surface area contributed by atoms with Crippen molar-refractivity contribution in [3.05, 3.63) is 26.6 Å². The third-order valence-electron chi connectivity index (χ3n) is 2.27. The van der Waals surface area contributed by atoms with Crippen molar-refractivity contribution in [2.24, 2.45) is 5.73 Å². The number of rotatable bonds is 5. The summed E-state index contributed by atoms with van der Waals surface area (Å²) in [6.07, 6.45) is -1.46. The second-order valence-electron chi connectivity index (χ2n) is 3.44. The van der Waals surface area contributed by atoms with E-state index in [2.05, 4.69) is 4.98 Å². The summed E-state index contributed by atoms with van der Waals surface area (Å²) in [6.45, 7) is 1.92. The SMILES string of the molecule is CCOC(=O)Cc1ncc(CN)c(C(F)F)c1I. The van der Waals surface area contributed by atoms with Gasteiger partial charge >= 0.3 is 5.97 Å². The molecule has 0 aliphatic heterocycles. The van der Waals surface area contributed by atoms with E-state index in [1.807, 2.05) is 0 Å². The number of esters is 1. The lowest BCUT2D eigenvalue weighted by atomic mass is 10.1. The fraction of sp³-hybridized carbons (Fsp3) is 0.455. The molecule has 1 aromatic heterocycles. The van der Waals surface area contributed by atoms with Crippen LogP contribution >= 0.6 is 22.6 Å². The van der Waals surface area contributed by atoms with Crippen molar-refractivity contribution in [3.63, 3.8) is 0 Å². The first-order valence-corrected chi connectivity index (χ1v) is 6.39. The zero-order chi connectivity index (χ0) is 13.7. The molecular formula is C11H13F2IN2O2. The number of carbonyl (C=O) groups excluding carboxylic acids is 1. The lowest BCUT2D eigenvalue weighted by Crippen LogP contribution is -2.13. The fourth-order valence-electron chi connectivity index (χ4n) is 1.45. The number of carbonyl (C=O) groups is 1. The van der Waals surface area contributed by atoms with Crippen LogP contribution in [0, 0.1) is 3.57 Å². The van der Waals surface area contributed by atoms with Crippen molar-refractivity contribution in [2.45, 2.75) is 26.3 Å². The highest BCUT2D eigenvalue weighted by molar-refractivity contribution is 14.1. The van der Waals surface area contributed by atoms with Gasteiger partial charge in [-0.1, -0.05) is 0 Å². The molecule has 1 heterocycles. The first-order valence-electron chi connectivity index (χ1n) is 5.31. The number of aromatic nitrogens is 1. The topological polar surface area (TPSA) is 65.2 Å². The van der Waals surface area contributed by atoms with Gasteiger partial charge in [0, 0.05) is 21.9 Å². The molecule has 0 aliphatic rings. The van der Waals surface area contributed by atoms with E-state index >= 15 is 0 Å². The van der Waals surface area contributed by atoms with Crippen molar-refractivity contribution >= 4 is 28.6 Å². The van der Waals surface area contributed by atoms with Gasteiger partial charge in [0.1, 0.15) is 0 Å². The summed E-state index contributed by atoms with van der Waals surface area (Å²) in [6, 6.07) is 0. The summed E-state index contributed by atoms with van der Waals surface area (Å²) in [5.74, 6) is -0.483. The maximum Gasteiger partial charge on any atom is 0.311 e. The second-order valence-corrected chi connectivity index (χ2v) is 4.52. The van der Waals surface area contributed by atoms with E-state index in [1.165, 1.54) is 6.20 Å². The Bertz CT molecular complexity index is 441. The number of hydrogen-bond donors (Lipinski definition) is 1.